The molecule has 2 rings (SSSR count). The van der Waals surface area contributed by atoms with Crippen LogP contribution in [0.25, 0.3) is 6.08 Å². The van der Waals surface area contributed by atoms with Crippen molar-refractivity contribution in [3.8, 4) is 5.75 Å². The maximum atomic E-state index is 12.4. The molecule has 0 spiro atoms. The maximum absolute atomic E-state index is 12.4. The predicted octanol–water partition coefficient (Wildman–Crippen LogP) is 3.29. The van der Waals surface area contributed by atoms with Gasteiger partial charge in [-0.2, -0.15) is 0 Å². The maximum Gasteiger partial charge on any atom is 0.328 e. The highest BCUT2D eigenvalue weighted by atomic mass is 127. The number of methoxy groups -OCH3 is 1. The summed E-state index contributed by atoms with van der Waals surface area (Å²) < 4.78 is 11.0. The molecule has 0 unspecified atom stereocenters. The standard InChI is InChI=1S/C16H16INO5S/c1-4-23-12-6-5-10(7-11(12)17)8-13-14(19)18(16(21)24-13)9(2)15(20)22-3/h5-9H,4H2,1-3H3/b13-8+/t9-/m0/s1. The zero-order valence-electron chi connectivity index (χ0n) is 13.4. The van der Waals surface area contributed by atoms with E-state index in [1.54, 1.807) is 6.08 Å². The molecular formula is C16H16INO5S. The fourth-order valence-electron chi connectivity index (χ4n) is 2.12. The summed E-state index contributed by atoms with van der Waals surface area (Å²) in [5.74, 6) is -0.358. The van der Waals surface area contributed by atoms with Gasteiger partial charge in [0.1, 0.15) is 11.8 Å². The second-order valence-electron chi connectivity index (χ2n) is 4.87. The Morgan fingerprint density at radius 2 is 2.12 bits per heavy atom. The quantitative estimate of drug-likeness (QED) is 0.381. The Hall–Kier alpha value is -1.55. The Balaban J connectivity index is 2.25. The average molecular weight is 461 g/mol. The average Bonchev–Trinajstić information content (AvgIpc) is 2.82. The molecular weight excluding hydrogens is 445 g/mol. The zero-order chi connectivity index (χ0) is 17.9. The highest BCUT2D eigenvalue weighted by Gasteiger charge is 2.41. The first-order valence-electron chi connectivity index (χ1n) is 7.16. The van der Waals surface area contributed by atoms with Crippen molar-refractivity contribution in [3.05, 3.63) is 32.2 Å². The molecule has 0 aliphatic carbocycles. The van der Waals surface area contributed by atoms with E-state index in [4.69, 9.17) is 4.74 Å². The number of hydrogen-bond acceptors (Lipinski definition) is 6. The lowest BCUT2D eigenvalue weighted by molar-refractivity contribution is -0.148. The molecule has 128 valence electrons. The lowest BCUT2D eigenvalue weighted by Crippen LogP contribution is -2.42. The third-order valence-electron chi connectivity index (χ3n) is 3.31. The zero-order valence-corrected chi connectivity index (χ0v) is 16.3. The van der Waals surface area contributed by atoms with Gasteiger partial charge in [-0.1, -0.05) is 6.07 Å². The Labute approximate surface area is 157 Å². The minimum Gasteiger partial charge on any atom is -0.493 e. The van der Waals surface area contributed by atoms with Crippen molar-refractivity contribution in [1.29, 1.82) is 0 Å². The molecule has 1 aliphatic heterocycles. The van der Waals surface area contributed by atoms with Crippen molar-refractivity contribution in [1.82, 2.24) is 4.90 Å². The number of thioether (sulfide) groups is 1. The van der Waals surface area contributed by atoms with Crippen molar-refractivity contribution in [2.75, 3.05) is 13.7 Å². The second-order valence-corrected chi connectivity index (χ2v) is 7.03. The number of imide groups is 1. The minimum atomic E-state index is -0.950. The van der Waals surface area contributed by atoms with Crippen molar-refractivity contribution in [2.45, 2.75) is 19.9 Å². The van der Waals surface area contributed by atoms with E-state index in [0.29, 0.717) is 6.61 Å². The first-order chi connectivity index (χ1) is 11.4. The van der Waals surface area contributed by atoms with E-state index >= 15 is 0 Å². The topological polar surface area (TPSA) is 72.9 Å². The highest BCUT2D eigenvalue weighted by Crippen LogP contribution is 2.34. The van der Waals surface area contributed by atoms with E-state index in [1.165, 1.54) is 14.0 Å². The Morgan fingerprint density at radius 1 is 1.42 bits per heavy atom. The number of esters is 1. The van der Waals surface area contributed by atoms with Crippen LogP contribution in [0.2, 0.25) is 0 Å². The van der Waals surface area contributed by atoms with Crippen LogP contribution in [0.4, 0.5) is 4.79 Å². The van der Waals surface area contributed by atoms with Gasteiger partial charge in [0.2, 0.25) is 0 Å². The Bertz CT molecular complexity index is 718. The van der Waals surface area contributed by atoms with E-state index in [9.17, 15) is 14.4 Å². The molecule has 0 bridgehead atoms. The van der Waals surface area contributed by atoms with Crippen molar-refractivity contribution in [2.24, 2.45) is 0 Å². The molecule has 0 saturated carbocycles. The SMILES string of the molecule is CCOc1ccc(/C=C2/SC(=O)N([C@@H](C)C(=O)OC)C2=O)cc1I. The number of benzene rings is 1. The summed E-state index contributed by atoms with van der Waals surface area (Å²) in [7, 11) is 1.22. The Kier molecular flexibility index (Phi) is 6.27. The first-order valence-corrected chi connectivity index (χ1v) is 9.05. The van der Waals surface area contributed by atoms with E-state index in [-0.39, 0.29) is 4.91 Å². The van der Waals surface area contributed by atoms with Crippen molar-refractivity contribution in [3.63, 3.8) is 0 Å². The van der Waals surface area contributed by atoms with Gasteiger partial charge in [-0.15, -0.1) is 0 Å². The first kappa shape index (κ1) is 18.8. The van der Waals surface area contributed by atoms with Gasteiger partial charge in [-0.25, -0.2) is 4.79 Å². The molecule has 2 amide bonds. The minimum absolute atomic E-state index is 0.274. The second kappa shape index (κ2) is 8.02. The number of ether oxygens (including phenoxy) is 2. The Morgan fingerprint density at radius 3 is 2.71 bits per heavy atom. The number of amides is 2. The van der Waals surface area contributed by atoms with Gasteiger partial charge < -0.3 is 9.47 Å². The lowest BCUT2D eigenvalue weighted by Gasteiger charge is -2.18. The van der Waals surface area contributed by atoms with Gasteiger partial charge in [0, 0.05) is 0 Å². The normalized spacial score (nSPS) is 17.3. The van der Waals surface area contributed by atoms with E-state index in [0.717, 1.165) is 31.5 Å². The van der Waals surface area contributed by atoms with Crippen LogP contribution >= 0.6 is 34.4 Å². The lowest BCUT2D eigenvalue weighted by atomic mass is 10.2. The molecule has 0 aromatic heterocycles. The van der Waals surface area contributed by atoms with E-state index < -0.39 is 23.2 Å². The van der Waals surface area contributed by atoms with Crippen LogP contribution in [0.5, 0.6) is 5.75 Å². The van der Waals surface area contributed by atoms with Gasteiger partial charge >= 0.3 is 5.97 Å². The highest BCUT2D eigenvalue weighted by molar-refractivity contribution is 14.1. The molecule has 8 heteroatoms. The number of hydrogen-bond donors (Lipinski definition) is 0. The van der Waals surface area contributed by atoms with Crippen LogP contribution in [-0.2, 0) is 14.3 Å². The molecule has 1 aromatic carbocycles. The molecule has 1 aliphatic rings. The van der Waals surface area contributed by atoms with Gasteiger partial charge in [-0.3, -0.25) is 14.5 Å². The third kappa shape index (κ3) is 3.92. The summed E-state index contributed by atoms with van der Waals surface area (Å²) in [6.45, 7) is 3.94. The van der Waals surface area contributed by atoms with Gasteiger partial charge in [-0.05, 0) is 72.0 Å². The number of rotatable bonds is 5. The molecule has 0 N–H and O–H groups in total. The summed E-state index contributed by atoms with van der Waals surface area (Å²) in [6, 6.07) is 4.54. The van der Waals surface area contributed by atoms with Gasteiger partial charge in [0.05, 0.1) is 22.2 Å². The van der Waals surface area contributed by atoms with Gasteiger partial charge in [0.15, 0.2) is 0 Å². The predicted molar refractivity (Wildman–Crippen MR) is 99.6 cm³/mol. The fourth-order valence-corrected chi connectivity index (χ4v) is 3.72. The molecule has 1 fully saturated rings. The molecule has 1 heterocycles. The van der Waals surface area contributed by atoms with E-state index in [2.05, 4.69) is 27.3 Å². The van der Waals surface area contributed by atoms with Crippen LogP contribution in [0.15, 0.2) is 23.1 Å². The number of carbonyl (C=O) groups is 3. The molecule has 0 radical (unpaired) electrons. The summed E-state index contributed by atoms with van der Waals surface area (Å²) >= 11 is 2.96. The van der Waals surface area contributed by atoms with Crippen LogP contribution in [0.1, 0.15) is 19.4 Å². The van der Waals surface area contributed by atoms with Crippen LogP contribution < -0.4 is 4.74 Å². The monoisotopic (exact) mass is 461 g/mol. The smallest absolute Gasteiger partial charge is 0.328 e. The van der Waals surface area contributed by atoms with Crippen LogP contribution in [0.3, 0.4) is 0 Å². The summed E-state index contributed by atoms with van der Waals surface area (Å²) in [4.78, 5) is 37.2. The summed E-state index contributed by atoms with van der Waals surface area (Å²) in [5.41, 5.74) is 0.777. The van der Waals surface area contributed by atoms with Crippen molar-refractivity contribution >= 4 is 57.5 Å². The third-order valence-corrected chi connectivity index (χ3v) is 5.03. The summed E-state index contributed by atoms with van der Waals surface area (Å²) in [5, 5.41) is -0.482. The van der Waals surface area contributed by atoms with E-state index in [1.807, 2.05) is 25.1 Å². The van der Waals surface area contributed by atoms with Crippen LogP contribution in [0, 0.1) is 3.57 Å². The molecule has 1 saturated heterocycles. The van der Waals surface area contributed by atoms with Gasteiger partial charge in [0.25, 0.3) is 11.1 Å². The van der Waals surface area contributed by atoms with Crippen molar-refractivity contribution < 1.29 is 23.9 Å². The largest absolute Gasteiger partial charge is 0.493 e. The molecule has 1 atom stereocenters. The van der Waals surface area contributed by atoms with Crippen LogP contribution in [-0.4, -0.2) is 41.8 Å². The number of carbonyl (C=O) groups excluding carboxylic acids is 3. The number of nitrogens with zero attached hydrogens (tertiary/aromatic N) is 1. The fraction of sp³-hybridized carbons (Fsp3) is 0.312. The molecule has 6 nitrogen and oxygen atoms in total. The summed E-state index contributed by atoms with van der Waals surface area (Å²) in [6.07, 6.45) is 1.63. The molecule has 1 aromatic rings. The number of halogens is 1. The molecule has 24 heavy (non-hydrogen) atoms.